The number of nitrogens with zero attached hydrogens (tertiary/aromatic N) is 1. The predicted octanol–water partition coefficient (Wildman–Crippen LogP) is 3.94. The summed E-state index contributed by atoms with van der Waals surface area (Å²) in [6.45, 7) is 3.62. The van der Waals surface area contributed by atoms with E-state index in [2.05, 4.69) is 10.3 Å². The molecule has 2 aliphatic rings. The van der Waals surface area contributed by atoms with Crippen LogP contribution in [0.2, 0.25) is 0 Å². The van der Waals surface area contributed by atoms with Crippen LogP contribution in [0, 0.1) is 0 Å². The van der Waals surface area contributed by atoms with E-state index in [1.807, 2.05) is 0 Å². The standard InChI is InChI=1S/C50H53F3N2O21/c1-26(56)54-38-35(68-28(3)58)23-49(48(64)65-7,76-41(38)39(70-30(5)60)36(69-29(4)59)24-66-27(2)57)67-25-37-40(71-31(6)61)42(73-44(62)32-17-11-8-12-18-32)43(74-45(63)33-19-13-9-14-20-33)46(72-37)75-47(50(51,52)53)55-34-21-15-10-16-22-34/h8-22,35-43,46H,23-25H2,1-7H3,(H,54,56)/t35-,36+,37+,38+,39-,40-,41+,42-,43+,46?,49+/m0/s1. The van der Waals surface area contributed by atoms with E-state index in [4.69, 9.17) is 56.8 Å². The number of esters is 8. The molecular formula is C50H53F3N2O21. The minimum atomic E-state index is -5.43. The van der Waals surface area contributed by atoms with E-state index >= 15 is 13.2 Å². The highest BCUT2D eigenvalue weighted by Gasteiger charge is 2.61. The van der Waals surface area contributed by atoms with Gasteiger partial charge in [0.15, 0.2) is 24.4 Å². The summed E-state index contributed by atoms with van der Waals surface area (Å²) in [6, 6.07) is 19.0. The zero-order chi connectivity index (χ0) is 55.9. The van der Waals surface area contributed by atoms with Crippen molar-refractivity contribution in [1.82, 2.24) is 5.32 Å². The molecule has 410 valence electrons. The van der Waals surface area contributed by atoms with Gasteiger partial charge in [-0.2, -0.15) is 13.2 Å². The van der Waals surface area contributed by atoms with Gasteiger partial charge in [-0.05, 0) is 36.4 Å². The molecule has 3 aromatic rings. The Labute approximate surface area is 431 Å². The number of hydrogen-bond acceptors (Lipinski definition) is 22. The monoisotopic (exact) mass is 1070 g/mol. The molecule has 76 heavy (non-hydrogen) atoms. The molecule has 2 saturated heterocycles. The van der Waals surface area contributed by atoms with Crippen LogP contribution in [-0.4, -0.2) is 153 Å². The zero-order valence-corrected chi connectivity index (χ0v) is 41.7. The lowest BCUT2D eigenvalue weighted by molar-refractivity contribution is -0.335. The molecule has 1 unspecified atom stereocenters. The second-order valence-electron chi connectivity index (χ2n) is 16.7. The third kappa shape index (κ3) is 16.3. The van der Waals surface area contributed by atoms with E-state index in [0.717, 1.165) is 48.7 Å². The van der Waals surface area contributed by atoms with Crippen LogP contribution in [0.3, 0.4) is 0 Å². The van der Waals surface area contributed by atoms with Crippen molar-refractivity contribution in [2.45, 2.75) is 121 Å². The van der Waals surface area contributed by atoms with Crippen LogP contribution in [0.15, 0.2) is 96.0 Å². The summed E-state index contributed by atoms with van der Waals surface area (Å²) in [5.41, 5.74) is -0.610. The average Bonchev–Trinajstić information content (AvgIpc) is 3.36. The van der Waals surface area contributed by atoms with Crippen molar-refractivity contribution in [3.05, 3.63) is 102 Å². The number of rotatable bonds is 19. The Morgan fingerprint density at radius 3 is 1.70 bits per heavy atom. The maximum atomic E-state index is 15.1. The topological polar surface area (TPSA) is 289 Å². The van der Waals surface area contributed by atoms with Gasteiger partial charge >= 0.3 is 53.9 Å². The summed E-state index contributed by atoms with van der Waals surface area (Å²) in [6.07, 6.45) is -25.2. The molecule has 26 heteroatoms. The summed E-state index contributed by atoms with van der Waals surface area (Å²) in [5, 5.41) is 2.49. The minimum absolute atomic E-state index is 0.157. The number of carbonyl (C=O) groups excluding carboxylic acids is 9. The van der Waals surface area contributed by atoms with Gasteiger partial charge in [0.25, 0.3) is 11.7 Å². The molecule has 0 bridgehead atoms. The largest absolute Gasteiger partial charge is 0.468 e. The number of carbonyl (C=O) groups is 9. The van der Waals surface area contributed by atoms with Crippen molar-refractivity contribution in [2.24, 2.45) is 4.99 Å². The second-order valence-corrected chi connectivity index (χ2v) is 16.7. The van der Waals surface area contributed by atoms with E-state index in [-0.39, 0.29) is 16.8 Å². The molecule has 2 heterocycles. The molecule has 2 aliphatic heterocycles. The van der Waals surface area contributed by atoms with Crippen LogP contribution in [0.5, 0.6) is 0 Å². The first kappa shape index (κ1) is 58.9. The number of nitrogens with one attached hydrogen (secondary N) is 1. The van der Waals surface area contributed by atoms with Gasteiger partial charge < -0.3 is 62.2 Å². The fourth-order valence-corrected chi connectivity index (χ4v) is 7.88. The molecule has 0 aliphatic carbocycles. The number of methoxy groups -OCH3 is 1. The molecule has 3 aromatic carbocycles. The SMILES string of the molecule is COC(=O)[C@@]1(OC[C@H]2OC(OC(=Nc3ccccc3)C(F)(F)F)[C@H](OC(=O)c3ccccc3)[C@@H](OC(=O)c3ccccc3)[C@H]2OC(C)=O)C[C@H](OC(C)=O)[C@@H](NC(C)=O)[C@H]([C@@H](OC(C)=O)[C@@H](COC(C)=O)OC(C)=O)O1. The van der Waals surface area contributed by atoms with Gasteiger partial charge in [0.2, 0.25) is 18.3 Å². The number of aliphatic imine (C=N–C) groups is 1. The summed E-state index contributed by atoms with van der Waals surface area (Å²) < 4.78 is 113. The molecule has 0 aromatic heterocycles. The van der Waals surface area contributed by atoms with Crippen LogP contribution >= 0.6 is 0 Å². The first-order chi connectivity index (χ1) is 35.9. The normalized spacial score (nSPS) is 24.2. The maximum absolute atomic E-state index is 15.1. The quantitative estimate of drug-likeness (QED) is 0.0769. The van der Waals surface area contributed by atoms with E-state index < -0.39 is 152 Å². The number of para-hydroxylation sites is 1. The highest BCUT2D eigenvalue weighted by atomic mass is 19.4. The van der Waals surface area contributed by atoms with Gasteiger partial charge in [0, 0.05) is 41.5 Å². The van der Waals surface area contributed by atoms with Crippen LogP contribution in [0.1, 0.15) is 68.7 Å². The molecule has 2 fully saturated rings. The first-order valence-corrected chi connectivity index (χ1v) is 23.0. The molecule has 5 rings (SSSR count). The lowest BCUT2D eigenvalue weighted by atomic mass is 9.87. The van der Waals surface area contributed by atoms with Gasteiger partial charge in [-0.15, -0.1) is 0 Å². The molecule has 0 saturated carbocycles. The molecule has 1 amide bonds. The summed E-state index contributed by atoms with van der Waals surface area (Å²) in [7, 11) is 0.844. The zero-order valence-electron chi connectivity index (χ0n) is 41.7. The summed E-state index contributed by atoms with van der Waals surface area (Å²) >= 11 is 0. The third-order valence-corrected chi connectivity index (χ3v) is 10.8. The Kier molecular flexibility index (Phi) is 20.5. The first-order valence-electron chi connectivity index (χ1n) is 23.0. The molecule has 0 spiro atoms. The lowest BCUT2D eigenvalue weighted by Crippen LogP contribution is -2.70. The Morgan fingerprint density at radius 1 is 0.671 bits per heavy atom. The summed E-state index contributed by atoms with van der Waals surface area (Å²) in [5.74, 6) is -15.0. The van der Waals surface area contributed by atoms with Crippen LogP contribution in [0.25, 0.3) is 0 Å². The Balaban J connectivity index is 1.73. The Bertz CT molecular complexity index is 2590. The lowest BCUT2D eigenvalue weighted by Gasteiger charge is -2.49. The number of hydrogen-bond donors (Lipinski definition) is 1. The highest BCUT2D eigenvalue weighted by Crippen LogP contribution is 2.39. The van der Waals surface area contributed by atoms with Gasteiger partial charge in [-0.25, -0.2) is 19.4 Å². The van der Waals surface area contributed by atoms with Crippen molar-refractivity contribution in [1.29, 1.82) is 0 Å². The fraction of sp³-hybridized carbons (Fsp3) is 0.440. The van der Waals surface area contributed by atoms with E-state index in [9.17, 15) is 43.2 Å². The van der Waals surface area contributed by atoms with Crippen molar-refractivity contribution in [3.63, 3.8) is 0 Å². The van der Waals surface area contributed by atoms with Gasteiger partial charge in [-0.1, -0.05) is 54.6 Å². The Hall–Kier alpha value is -7.97. The molecule has 0 radical (unpaired) electrons. The minimum Gasteiger partial charge on any atom is -0.465 e. The van der Waals surface area contributed by atoms with Crippen LogP contribution in [-0.2, 0) is 90.4 Å². The number of amides is 1. The summed E-state index contributed by atoms with van der Waals surface area (Å²) in [4.78, 5) is 122. The molecule has 11 atom stereocenters. The highest BCUT2D eigenvalue weighted by molar-refractivity contribution is 5.91. The van der Waals surface area contributed by atoms with Crippen molar-refractivity contribution in [3.8, 4) is 0 Å². The Morgan fingerprint density at radius 2 is 1.21 bits per heavy atom. The number of ether oxygens (including phenoxy) is 12. The molecular weight excluding hydrogens is 1020 g/mol. The van der Waals surface area contributed by atoms with E-state index in [1.54, 1.807) is 12.1 Å². The molecule has 1 N–H and O–H groups in total. The van der Waals surface area contributed by atoms with Gasteiger partial charge in [-0.3, -0.25) is 28.8 Å². The maximum Gasteiger partial charge on any atom is 0.468 e. The van der Waals surface area contributed by atoms with Crippen molar-refractivity contribution >= 4 is 65.2 Å². The van der Waals surface area contributed by atoms with Crippen molar-refractivity contribution < 1.29 is 113 Å². The van der Waals surface area contributed by atoms with Gasteiger partial charge in [0.05, 0.1) is 43.0 Å². The number of benzene rings is 3. The van der Waals surface area contributed by atoms with E-state index in [1.165, 1.54) is 78.9 Å². The van der Waals surface area contributed by atoms with Gasteiger partial charge in [0.1, 0.15) is 24.9 Å². The van der Waals surface area contributed by atoms with E-state index in [0.29, 0.717) is 0 Å². The van der Waals surface area contributed by atoms with Crippen molar-refractivity contribution in [2.75, 3.05) is 20.3 Å². The number of halogens is 3. The smallest absolute Gasteiger partial charge is 0.465 e. The fourth-order valence-electron chi connectivity index (χ4n) is 7.88. The molecule has 23 nitrogen and oxygen atoms in total. The second kappa shape index (κ2) is 26.5. The van der Waals surface area contributed by atoms with Crippen LogP contribution in [0.4, 0.5) is 18.9 Å². The predicted molar refractivity (Wildman–Crippen MR) is 247 cm³/mol. The number of alkyl halides is 3. The van der Waals surface area contributed by atoms with Crippen LogP contribution < -0.4 is 5.32 Å². The third-order valence-electron chi connectivity index (χ3n) is 10.8. The average molecular weight is 1070 g/mol.